The number of aliphatic imine (C=N–C) groups is 1. The first-order valence-corrected chi connectivity index (χ1v) is 4.69. The minimum atomic E-state index is 0.579. The van der Waals surface area contributed by atoms with E-state index < -0.39 is 0 Å². The maximum Gasteiger partial charge on any atom is 0.124 e. The Kier molecular flexibility index (Phi) is 7.69. The summed E-state index contributed by atoms with van der Waals surface area (Å²) in [5.74, 6) is 1.27. The molecule has 0 bridgehead atoms. The first-order valence-electron chi connectivity index (χ1n) is 4.69. The van der Waals surface area contributed by atoms with E-state index in [0.717, 1.165) is 0 Å². The van der Waals surface area contributed by atoms with Crippen LogP contribution in [-0.4, -0.2) is 6.72 Å². The molecule has 0 radical (unpaired) electrons. The van der Waals surface area contributed by atoms with Crippen molar-refractivity contribution < 1.29 is 4.74 Å². The van der Waals surface area contributed by atoms with Crippen LogP contribution in [-0.2, 0) is 4.74 Å². The standard InChI is InChI=1S/C13H17NO/c1-5-7-8-9-12(3)15-13(6-2)10-11-14-4/h5-11H,3-4H2,1-2H3/b7-5-,9-8-,11-10-,13-6+. The van der Waals surface area contributed by atoms with Crippen LogP contribution in [0.5, 0.6) is 0 Å². The van der Waals surface area contributed by atoms with Crippen molar-refractivity contribution in [3.05, 3.63) is 60.8 Å². The molecule has 2 heteroatoms. The maximum absolute atomic E-state index is 5.42. The van der Waals surface area contributed by atoms with Gasteiger partial charge in [0.2, 0.25) is 0 Å². The van der Waals surface area contributed by atoms with Gasteiger partial charge >= 0.3 is 0 Å². The quantitative estimate of drug-likeness (QED) is 0.366. The van der Waals surface area contributed by atoms with E-state index in [0.29, 0.717) is 11.5 Å². The van der Waals surface area contributed by atoms with Gasteiger partial charge in [0, 0.05) is 6.20 Å². The van der Waals surface area contributed by atoms with Gasteiger partial charge in [0.05, 0.1) is 0 Å². The SMILES string of the molecule is C=N/C=C\C(=C/C)OC(=C)/C=C\C=C/C. The first-order chi connectivity index (χ1) is 7.24. The van der Waals surface area contributed by atoms with Crippen LogP contribution in [0, 0.1) is 0 Å². The molecule has 0 aromatic rings. The first kappa shape index (κ1) is 13.2. The second-order valence-corrected chi connectivity index (χ2v) is 2.64. The third-order valence-electron chi connectivity index (χ3n) is 1.46. The molecule has 0 amide bonds. The zero-order valence-corrected chi connectivity index (χ0v) is 9.31. The molecule has 0 saturated heterocycles. The summed E-state index contributed by atoms with van der Waals surface area (Å²) in [6, 6.07) is 0. The molecule has 0 aliphatic carbocycles. The van der Waals surface area contributed by atoms with Crippen molar-refractivity contribution in [3.63, 3.8) is 0 Å². The van der Waals surface area contributed by atoms with E-state index in [-0.39, 0.29) is 0 Å². The largest absolute Gasteiger partial charge is 0.458 e. The molecule has 80 valence electrons. The molecular weight excluding hydrogens is 186 g/mol. The van der Waals surface area contributed by atoms with E-state index in [4.69, 9.17) is 4.74 Å². The van der Waals surface area contributed by atoms with E-state index in [1.807, 2.05) is 38.2 Å². The molecule has 0 aliphatic rings. The Labute approximate surface area is 91.7 Å². The highest BCUT2D eigenvalue weighted by Crippen LogP contribution is 2.07. The van der Waals surface area contributed by atoms with Crippen molar-refractivity contribution in [2.45, 2.75) is 13.8 Å². The normalized spacial score (nSPS) is 12.8. The number of allylic oxidation sites excluding steroid dienone is 6. The van der Waals surface area contributed by atoms with Crippen molar-refractivity contribution >= 4 is 6.72 Å². The minimum absolute atomic E-state index is 0.579. The van der Waals surface area contributed by atoms with Crippen LogP contribution >= 0.6 is 0 Å². The average Bonchev–Trinajstić information content (AvgIpc) is 2.24. The molecule has 0 unspecified atom stereocenters. The molecule has 0 fully saturated rings. The summed E-state index contributed by atoms with van der Waals surface area (Å²) in [4.78, 5) is 3.60. The molecule has 15 heavy (non-hydrogen) atoms. The Balaban J connectivity index is 4.26. The molecule has 0 saturated carbocycles. The predicted octanol–water partition coefficient (Wildman–Crippen LogP) is 3.77. The van der Waals surface area contributed by atoms with Gasteiger partial charge in [-0.05, 0) is 38.8 Å². The predicted molar refractivity (Wildman–Crippen MR) is 66.6 cm³/mol. The van der Waals surface area contributed by atoms with Gasteiger partial charge < -0.3 is 4.74 Å². The fraction of sp³-hybridized carbons (Fsp3) is 0.154. The fourth-order valence-corrected chi connectivity index (χ4v) is 0.775. The molecule has 0 aromatic heterocycles. The zero-order chi connectivity index (χ0) is 11.5. The second kappa shape index (κ2) is 8.75. The van der Waals surface area contributed by atoms with Crippen LogP contribution in [0.25, 0.3) is 0 Å². The van der Waals surface area contributed by atoms with Crippen LogP contribution < -0.4 is 0 Å². The van der Waals surface area contributed by atoms with Gasteiger partial charge in [0.25, 0.3) is 0 Å². The highest BCUT2D eigenvalue weighted by molar-refractivity contribution is 5.27. The summed E-state index contributed by atoms with van der Waals surface area (Å²) >= 11 is 0. The Morgan fingerprint density at radius 3 is 2.47 bits per heavy atom. The third kappa shape index (κ3) is 7.26. The Hall–Kier alpha value is -1.83. The molecule has 0 aromatic carbocycles. The van der Waals surface area contributed by atoms with Crippen molar-refractivity contribution in [1.29, 1.82) is 0 Å². The van der Waals surface area contributed by atoms with Crippen molar-refractivity contribution in [2.75, 3.05) is 0 Å². The lowest BCUT2D eigenvalue weighted by atomic mass is 10.4. The van der Waals surface area contributed by atoms with E-state index >= 15 is 0 Å². The Morgan fingerprint density at radius 2 is 1.93 bits per heavy atom. The van der Waals surface area contributed by atoms with Crippen LogP contribution in [0.15, 0.2) is 65.7 Å². The Bertz CT molecular complexity index is 319. The van der Waals surface area contributed by atoms with Crippen molar-refractivity contribution in [3.8, 4) is 0 Å². The summed E-state index contributed by atoms with van der Waals surface area (Å²) in [5, 5.41) is 0. The summed E-state index contributed by atoms with van der Waals surface area (Å²) in [6.45, 7) is 10.9. The summed E-state index contributed by atoms with van der Waals surface area (Å²) in [6.07, 6.45) is 12.6. The van der Waals surface area contributed by atoms with Gasteiger partial charge in [-0.3, -0.25) is 4.99 Å². The van der Waals surface area contributed by atoms with Gasteiger partial charge in [0.1, 0.15) is 11.5 Å². The topological polar surface area (TPSA) is 21.6 Å². The van der Waals surface area contributed by atoms with E-state index in [2.05, 4.69) is 18.3 Å². The lowest BCUT2D eigenvalue weighted by molar-refractivity contribution is 0.337. The fourth-order valence-electron chi connectivity index (χ4n) is 0.775. The number of ether oxygens (including phenoxy) is 1. The minimum Gasteiger partial charge on any atom is -0.458 e. The summed E-state index contributed by atoms with van der Waals surface area (Å²) in [5.41, 5.74) is 0. The van der Waals surface area contributed by atoms with Crippen LogP contribution in [0.1, 0.15) is 13.8 Å². The molecule has 0 spiro atoms. The van der Waals surface area contributed by atoms with Gasteiger partial charge in [-0.15, -0.1) is 0 Å². The van der Waals surface area contributed by atoms with Gasteiger partial charge in [-0.25, -0.2) is 0 Å². The number of hydrogen-bond acceptors (Lipinski definition) is 2. The third-order valence-corrected chi connectivity index (χ3v) is 1.46. The van der Waals surface area contributed by atoms with Crippen LogP contribution in [0.2, 0.25) is 0 Å². The summed E-state index contributed by atoms with van der Waals surface area (Å²) < 4.78 is 5.42. The molecular formula is C13H17NO. The second-order valence-electron chi connectivity index (χ2n) is 2.64. The van der Waals surface area contributed by atoms with Crippen molar-refractivity contribution in [1.82, 2.24) is 0 Å². The molecule has 0 atom stereocenters. The lowest BCUT2D eigenvalue weighted by Crippen LogP contribution is -1.86. The van der Waals surface area contributed by atoms with Gasteiger partial charge in [-0.2, -0.15) is 0 Å². The molecule has 0 N–H and O–H groups in total. The highest BCUT2D eigenvalue weighted by atomic mass is 16.5. The lowest BCUT2D eigenvalue weighted by Gasteiger charge is -2.04. The zero-order valence-electron chi connectivity index (χ0n) is 9.31. The molecule has 2 nitrogen and oxygen atoms in total. The van der Waals surface area contributed by atoms with Gasteiger partial charge in [-0.1, -0.05) is 24.8 Å². The maximum atomic E-state index is 5.42. The van der Waals surface area contributed by atoms with Crippen LogP contribution in [0.3, 0.4) is 0 Å². The van der Waals surface area contributed by atoms with E-state index in [9.17, 15) is 0 Å². The number of rotatable bonds is 6. The van der Waals surface area contributed by atoms with Crippen molar-refractivity contribution in [2.24, 2.45) is 4.99 Å². The molecule has 0 rings (SSSR count). The number of nitrogens with zero attached hydrogens (tertiary/aromatic N) is 1. The monoisotopic (exact) mass is 203 g/mol. The van der Waals surface area contributed by atoms with E-state index in [1.165, 1.54) is 0 Å². The highest BCUT2D eigenvalue weighted by Gasteiger charge is 1.92. The number of hydrogen-bond donors (Lipinski definition) is 0. The van der Waals surface area contributed by atoms with Crippen LogP contribution in [0.4, 0.5) is 0 Å². The average molecular weight is 203 g/mol. The summed E-state index contributed by atoms with van der Waals surface area (Å²) in [7, 11) is 0. The Morgan fingerprint density at radius 1 is 1.20 bits per heavy atom. The molecule has 0 heterocycles. The van der Waals surface area contributed by atoms with E-state index in [1.54, 1.807) is 18.4 Å². The van der Waals surface area contributed by atoms with Gasteiger partial charge in [0.15, 0.2) is 0 Å². The smallest absolute Gasteiger partial charge is 0.124 e. The molecule has 0 aliphatic heterocycles.